The molecule has 0 aromatic heterocycles. The molecule has 0 saturated carbocycles. The van der Waals surface area contributed by atoms with Gasteiger partial charge in [0.05, 0.1) is 45.7 Å². The summed E-state index contributed by atoms with van der Waals surface area (Å²) in [6.07, 6.45) is 20.6. The molecule has 0 aliphatic heterocycles. The average Bonchev–Trinajstić information content (AvgIpc) is 3.25. The van der Waals surface area contributed by atoms with Crippen LogP contribution >= 0.6 is 0 Å². The Labute approximate surface area is 382 Å². The van der Waals surface area contributed by atoms with Gasteiger partial charge in [-0.2, -0.15) is 0 Å². The van der Waals surface area contributed by atoms with Crippen molar-refractivity contribution in [3.05, 3.63) is 0 Å². The molecule has 0 unspecified atom stereocenters. The molecule has 0 rings (SSSR count). The molecule has 18 heteroatoms. The average molecular weight is 916 g/mol. The number of amides is 4. The van der Waals surface area contributed by atoms with E-state index in [0.29, 0.717) is 13.0 Å². The number of carbonyl (C=O) groups is 7. The van der Waals surface area contributed by atoms with Crippen LogP contribution in [0.1, 0.15) is 162 Å². The van der Waals surface area contributed by atoms with Gasteiger partial charge in [-0.25, -0.2) is 4.79 Å². The van der Waals surface area contributed by atoms with Crippen LogP contribution < -0.4 is 26.6 Å². The quantitative estimate of drug-likeness (QED) is 0.0412. The van der Waals surface area contributed by atoms with Gasteiger partial charge in [-0.15, -0.1) is 0 Å². The molecular weight excluding hydrogens is 831 g/mol. The van der Waals surface area contributed by atoms with Crippen LogP contribution in [0.25, 0.3) is 0 Å². The van der Waals surface area contributed by atoms with E-state index < -0.39 is 18.0 Å². The first-order chi connectivity index (χ1) is 31.0. The Morgan fingerprint density at radius 2 is 0.875 bits per heavy atom. The van der Waals surface area contributed by atoms with E-state index in [0.717, 1.165) is 64.3 Å². The van der Waals surface area contributed by atoms with Gasteiger partial charge in [0.25, 0.3) is 0 Å². The summed E-state index contributed by atoms with van der Waals surface area (Å²) in [6, 6.07) is -1.27. The maximum atomic E-state index is 12.4. The number of ether oxygens (including phenoxy) is 4. The van der Waals surface area contributed by atoms with Crippen LogP contribution in [0, 0.1) is 0 Å². The maximum Gasteiger partial charge on any atom is 0.326 e. The lowest BCUT2D eigenvalue weighted by atomic mass is 10.0. The number of hydrogen-bond acceptors (Lipinski definition) is 12. The number of rotatable bonds is 48. The van der Waals surface area contributed by atoms with Crippen LogP contribution in [0.15, 0.2) is 0 Å². The van der Waals surface area contributed by atoms with Crippen LogP contribution in [0.2, 0.25) is 0 Å². The summed E-state index contributed by atoms with van der Waals surface area (Å²) in [6.45, 7) is 6.40. The van der Waals surface area contributed by atoms with Crippen LogP contribution in [-0.4, -0.2) is 143 Å². The normalized spacial score (nSPS) is 12.0. The first kappa shape index (κ1) is 60.3. The van der Waals surface area contributed by atoms with E-state index in [9.17, 15) is 38.7 Å². The number of hydrogen-bond donors (Lipinski definition) is 7. The Bertz CT molecular complexity index is 1240. The van der Waals surface area contributed by atoms with Gasteiger partial charge in [-0.3, -0.25) is 28.8 Å². The molecular formula is C46H85N5O13. The molecule has 0 aliphatic rings. The third-order valence-electron chi connectivity index (χ3n) is 10.4. The number of carbonyl (C=O) groups excluding carboxylic acids is 5. The highest BCUT2D eigenvalue weighted by atomic mass is 16.5. The summed E-state index contributed by atoms with van der Waals surface area (Å²) in [5, 5.41) is 32.0. The SMILES string of the molecule is CCN[C@@H](CCCCNC(=O)COCCOCCNC(=O)COCCOCCNC(=O)CC[C@H](NC(=O)CCCCCCCCCCCCCCCCCCC(=O)O)C(=O)O)C(C)=O. The van der Waals surface area contributed by atoms with E-state index in [-0.39, 0.29) is 127 Å². The number of Topliss-reactive ketones (excluding diaryl/α,β-unsaturated/α-hetero) is 1. The van der Waals surface area contributed by atoms with Crippen molar-refractivity contribution in [2.45, 2.75) is 174 Å². The zero-order valence-electron chi connectivity index (χ0n) is 39.3. The summed E-state index contributed by atoms with van der Waals surface area (Å²) in [5.41, 5.74) is 0. The smallest absolute Gasteiger partial charge is 0.326 e. The molecule has 0 bridgehead atoms. The van der Waals surface area contributed by atoms with Gasteiger partial charge in [0.2, 0.25) is 23.6 Å². The molecule has 372 valence electrons. The Kier molecular flexibility index (Phi) is 41.9. The number of aliphatic carboxylic acids is 2. The summed E-state index contributed by atoms with van der Waals surface area (Å²) in [5.74, 6) is -2.97. The van der Waals surface area contributed by atoms with Crippen molar-refractivity contribution in [2.75, 3.05) is 79.0 Å². The number of nitrogens with one attached hydrogen (secondary N) is 5. The summed E-state index contributed by atoms with van der Waals surface area (Å²) < 4.78 is 21.4. The lowest BCUT2D eigenvalue weighted by Gasteiger charge is -2.14. The van der Waals surface area contributed by atoms with Gasteiger partial charge in [0.1, 0.15) is 25.0 Å². The molecule has 0 aromatic carbocycles. The molecule has 4 amide bonds. The first-order valence-electron chi connectivity index (χ1n) is 24.0. The van der Waals surface area contributed by atoms with E-state index in [1.165, 1.54) is 57.8 Å². The molecule has 0 spiro atoms. The Balaban J connectivity index is 3.65. The third-order valence-corrected chi connectivity index (χ3v) is 10.4. The Morgan fingerprint density at radius 1 is 0.438 bits per heavy atom. The van der Waals surface area contributed by atoms with Gasteiger partial charge in [0, 0.05) is 38.9 Å². The third kappa shape index (κ3) is 42.3. The lowest BCUT2D eigenvalue weighted by molar-refractivity contribution is -0.142. The second-order valence-electron chi connectivity index (χ2n) is 16.1. The molecule has 0 aromatic rings. The minimum Gasteiger partial charge on any atom is -0.481 e. The molecule has 0 saturated heterocycles. The fraction of sp³-hybridized carbons (Fsp3) is 0.848. The molecule has 64 heavy (non-hydrogen) atoms. The van der Waals surface area contributed by atoms with Crippen LogP contribution in [-0.2, 0) is 52.5 Å². The van der Waals surface area contributed by atoms with Gasteiger partial charge in [-0.1, -0.05) is 96.8 Å². The van der Waals surface area contributed by atoms with E-state index in [1.807, 2.05) is 6.92 Å². The summed E-state index contributed by atoms with van der Waals surface area (Å²) in [7, 11) is 0. The van der Waals surface area contributed by atoms with E-state index in [4.69, 9.17) is 24.1 Å². The maximum absolute atomic E-state index is 12.4. The van der Waals surface area contributed by atoms with Crippen LogP contribution in [0.4, 0.5) is 0 Å². The van der Waals surface area contributed by atoms with Gasteiger partial charge in [-0.05, 0) is 52.0 Å². The standard InChI is InChI=1S/C46H85N5O13/c1-3-47-39(38(2)52)22-20-21-27-48-43(55)36-63-34-33-62-31-29-50-44(56)37-64-35-32-61-30-28-49-41(53)26-25-40(46(59)60)51-42(54)23-18-16-14-12-10-8-6-4-5-7-9-11-13-15-17-19-24-45(57)58/h39-40,47H,3-37H2,1-2H3,(H,48,55)(H,49,53)(H,50,56)(H,51,54)(H,57,58)(H,59,60)/t39-,40-/m0/s1. The van der Waals surface area contributed by atoms with E-state index >= 15 is 0 Å². The van der Waals surface area contributed by atoms with Crippen molar-refractivity contribution in [1.82, 2.24) is 26.6 Å². The van der Waals surface area contributed by atoms with Gasteiger partial charge in [0.15, 0.2) is 0 Å². The highest BCUT2D eigenvalue weighted by molar-refractivity contribution is 5.84. The zero-order chi connectivity index (χ0) is 47.3. The number of unbranched alkanes of at least 4 members (excludes halogenated alkanes) is 16. The Morgan fingerprint density at radius 3 is 1.33 bits per heavy atom. The zero-order valence-corrected chi connectivity index (χ0v) is 39.3. The second-order valence-corrected chi connectivity index (χ2v) is 16.1. The predicted molar refractivity (Wildman–Crippen MR) is 244 cm³/mol. The number of carboxylic acids is 2. The van der Waals surface area contributed by atoms with Crippen LogP contribution in [0.5, 0.6) is 0 Å². The lowest BCUT2D eigenvalue weighted by Crippen LogP contribution is -2.41. The monoisotopic (exact) mass is 916 g/mol. The summed E-state index contributed by atoms with van der Waals surface area (Å²) in [4.78, 5) is 82.1. The fourth-order valence-corrected chi connectivity index (χ4v) is 6.72. The Hall–Kier alpha value is -3.71. The second kappa shape index (κ2) is 44.5. The molecule has 0 fully saturated rings. The minimum absolute atomic E-state index is 0.0224. The number of likely N-dealkylation sites (N-methyl/N-ethyl adjacent to an activating group) is 1. The first-order valence-corrected chi connectivity index (χ1v) is 24.0. The molecule has 0 heterocycles. The van der Waals surface area contributed by atoms with Gasteiger partial charge < -0.3 is 55.7 Å². The molecule has 2 atom stereocenters. The highest BCUT2D eigenvalue weighted by Crippen LogP contribution is 2.14. The van der Waals surface area contributed by atoms with Crippen molar-refractivity contribution in [3.63, 3.8) is 0 Å². The number of carboxylic acid groups (broad SMARTS) is 2. The molecule has 0 aliphatic carbocycles. The number of ketones is 1. The van der Waals surface area contributed by atoms with E-state index in [1.54, 1.807) is 6.92 Å². The van der Waals surface area contributed by atoms with E-state index in [2.05, 4.69) is 26.6 Å². The van der Waals surface area contributed by atoms with Crippen molar-refractivity contribution in [1.29, 1.82) is 0 Å². The predicted octanol–water partition coefficient (Wildman–Crippen LogP) is 4.59. The minimum atomic E-state index is -1.18. The van der Waals surface area contributed by atoms with Crippen LogP contribution in [0.3, 0.4) is 0 Å². The molecule has 0 radical (unpaired) electrons. The van der Waals surface area contributed by atoms with Crippen molar-refractivity contribution < 1.29 is 62.7 Å². The molecule has 18 nitrogen and oxygen atoms in total. The van der Waals surface area contributed by atoms with Crippen molar-refractivity contribution in [2.24, 2.45) is 0 Å². The summed E-state index contributed by atoms with van der Waals surface area (Å²) >= 11 is 0. The van der Waals surface area contributed by atoms with Gasteiger partial charge >= 0.3 is 11.9 Å². The molecule has 7 N–H and O–H groups in total. The fourth-order valence-electron chi connectivity index (χ4n) is 6.72. The largest absolute Gasteiger partial charge is 0.481 e. The topological polar surface area (TPSA) is 257 Å². The highest BCUT2D eigenvalue weighted by Gasteiger charge is 2.21. The van der Waals surface area contributed by atoms with Crippen molar-refractivity contribution >= 4 is 41.4 Å². The van der Waals surface area contributed by atoms with Crippen molar-refractivity contribution in [3.8, 4) is 0 Å².